The number of hydrogen-bond donors (Lipinski definition) is 1. The van der Waals surface area contributed by atoms with E-state index in [0.29, 0.717) is 10.0 Å². The van der Waals surface area contributed by atoms with Crippen LogP contribution in [0.2, 0.25) is 0 Å². The van der Waals surface area contributed by atoms with E-state index in [4.69, 9.17) is 15.2 Å². The number of ether oxygens (including phenoxy) is 3. The Morgan fingerprint density at radius 2 is 1.76 bits per heavy atom. The lowest BCUT2D eigenvalue weighted by molar-refractivity contribution is -0.139. The molecule has 34 heavy (non-hydrogen) atoms. The number of alkyl halides is 2. The molecular weight excluding hydrogens is 516 g/mol. The van der Waals surface area contributed by atoms with Gasteiger partial charge in [-0.2, -0.15) is 14.0 Å². The van der Waals surface area contributed by atoms with Crippen molar-refractivity contribution in [3.8, 4) is 11.8 Å². The third-order valence-corrected chi connectivity index (χ3v) is 5.48. The third-order valence-electron chi connectivity index (χ3n) is 4.99. The van der Waals surface area contributed by atoms with Crippen molar-refractivity contribution in [1.82, 2.24) is 0 Å². The Labute approximate surface area is 201 Å². The Morgan fingerprint density at radius 1 is 1.12 bits per heavy atom. The van der Waals surface area contributed by atoms with Crippen LogP contribution < -0.4 is 15.4 Å². The smallest absolute Gasteiger partial charge is 0.387 e. The zero-order valence-corrected chi connectivity index (χ0v) is 19.5. The number of nitrogens with zero attached hydrogens (tertiary/aromatic N) is 2. The first-order chi connectivity index (χ1) is 16.2. The molecule has 1 atom stereocenters. The van der Waals surface area contributed by atoms with Gasteiger partial charge in [0.25, 0.3) is 0 Å². The maximum atomic E-state index is 13.2. The highest BCUT2D eigenvalue weighted by atomic mass is 79.9. The molecule has 1 aliphatic rings. The van der Waals surface area contributed by atoms with Gasteiger partial charge in [-0.3, -0.25) is 4.90 Å². The van der Waals surface area contributed by atoms with Crippen molar-refractivity contribution in [2.75, 3.05) is 19.1 Å². The van der Waals surface area contributed by atoms with Gasteiger partial charge in [-0.05, 0) is 23.8 Å². The standard InChI is InChI=1S/C23H18BrF2N3O5/c1-32-21(30)18-17(12-6-4-3-5-7-12)14(11-27)20(28)29(19(18)22(31)33-2)15-9-8-13(24)10-16(15)34-23(25)26/h3-10,17,23H,28H2,1-2H3. The number of nitrogens with two attached hydrogens (primary N) is 1. The van der Waals surface area contributed by atoms with Crippen molar-refractivity contribution in [2.45, 2.75) is 12.5 Å². The molecule has 2 aromatic rings. The summed E-state index contributed by atoms with van der Waals surface area (Å²) in [4.78, 5) is 27.0. The first-order valence-electron chi connectivity index (χ1n) is 9.65. The van der Waals surface area contributed by atoms with Crippen LogP contribution in [0.25, 0.3) is 0 Å². The van der Waals surface area contributed by atoms with Gasteiger partial charge in [0.05, 0.1) is 43.0 Å². The van der Waals surface area contributed by atoms with E-state index < -0.39 is 30.2 Å². The van der Waals surface area contributed by atoms with Crippen LogP contribution in [0, 0.1) is 11.3 Å². The summed E-state index contributed by atoms with van der Waals surface area (Å²) >= 11 is 3.18. The molecule has 0 saturated heterocycles. The molecule has 2 N–H and O–H groups in total. The van der Waals surface area contributed by atoms with Crippen LogP contribution in [-0.4, -0.2) is 32.8 Å². The fourth-order valence-electron chi connectivity index (χ4n) is 3.63. The monoisotopic (exact) mass is 533 g/mol. The van der Waals surface area contributed by atoms with Crippen LogP contribution in [0.5, 0.6) is 5.75 Å². The zero-order valence-electron chi connectivity index (χ0n) is 17.9. The van der Waals surface area contributed by atoms with E-state index in [1.54, 1.807) is 30.3 Å². The summed E-state index contributed by atoms with van der Waals surface area (Å²) in [5.74, 6) is -3.67. The molecule has 176 valence electrons. The molecule has 1 heterocycles. The molecule has 0 aliphatic carbocycles. The molecule has 2 aromatic carbocycles. The summed E-state index contributed by atoms with van der Waals surface area (Å²) in [7, 11) is 2.19. The Morgan fingerprint density at radius 3 is 2.32 bits per heavy atom. The lowest BCUT2D eigenvalue weighted by Crippen LogP contribution is -2.41. The summed E-state index contributed by atoms with van der Waals surface area (Å²) in [6, 6.07) is 14.4. The van der Waals surface area contributed by atoms with Crippen LogP contribution in [-0.2, 0) is 19.1 Å². The zero-order chi connectivity index (χ0) is 25.0. The average Bonchev–Trinajstić information content (AvgIpc) is 2.83. The molecule has 0 fully saturated rings. The Hall–Kier alpha value is -3.91. The molecular formula is C23H18BrF2N3O5. The Kier molecular flexibility index (Phi) is 7.53. The first-order valence-corrected chi connectivity index (χ1v) is 10.4. The quantitative estimate of drug-likeness (QED) is 0.555. The molecule has 8 nitrogen and oxygen atoms in total. The topological polar surface area (TPSA) is 115 Å². The molecule has 0 saturated carbocycles. The third kappa shape index (κ3) is 4.58. The number of rotatable bonds is 6. The Balaban J connectivity index is 2.43. The number of nitriles is 1. The van der Waals surface area contributed by atoms with E-state index >= 15 is 0 Å². The predicted octanol–water partition coefficient (Wildman–Crippen LogP) is 3.95. The number of hydrogen-bond acceptors (Lipinski definition) is 8. The van der Waals surface area contributed by atoms with Crippen LogP contribution in [0.4, 0.5) is 14.5 Å². The van der Waals surface area contributed by atoms with Gasteiger partial charge in [-0.15, -0.1) is 0 Å². The second-order valence-electron chi connectivity index (χ2n) is 6.83. The molecule has 1 unspecified atom stereocenters. The van der Waals surface area contributed by atoms with E-state index in [1.165, 1.54) is 18.2 Å². The lowest BCUT2D eigenvalue weighted by atomic mass is 9.81. The number of methoxy groups -OCH3 is 2. The molecule has 0 amide bonds. The van der Waals surface area contributed by atoms with Crippen molar-refractivity contribution in [3.05, 3.63) is 81.2 Å². The normalized spacial score (nSPS) is 15.8. The Bertz CT molecular complexity index is 1220. The second-order valence-corrected chi connectivity index (χ2v) is 7.74. The minimum Gasteiger partial charge on any atom is -0.466 e. The summed E-state index contributed by atoms with van der Waals surface area (Å²) in [6.45, 7) is -3.21. The highest BCUT2D eigenvalue weighted by molar-refractivity contribution is 9.10. The van der Waals surface area contributed by atoms with Gasteiger partial charge in [0, 0.05) is 4.47 Å². The van der Waals surface area contributed by atoms with Crippen LogP contribution in [0.15, 0.2) is 75.7 Å². The summed E-state index contributed by atoms with van der Waals surface area (Å²) in [5.41, 5.74) is 5.94. The van der Waals surface area contributed by atoms with E-state index in [-0.39, 0.29) is 28.4 Å². The van der Waals surface area contributed by atoms with Crippen molar-refractivity contribution >= 4 is 33.6 Å². The number of carbonyl (C=O) groups excluding carboxylic acids is 2. The SMILES string of the molecule is COC(=O)C1=C(C(=O)OC)N(c2ccc(Br)cc2OC(F)F)C(N)=C(C#N)C1c1ccccc1. The number of anilines is 1. The van der Waals surface area contributed by atoms with Gasteiger partial charge in [0.1, 0.15) is 11.5 Å². The maximum Gasteiger partial charge on any atom is 0.387 e. The minimum atomic E-state index is -3.21. The van der Waals surface area contributed by atoms with Gasteiger partial charge in [0.2, 0.25) is 0 Å². The molecule has 3 rings (SSSR count). The molecule has 0 aromatic heterocycles. The van der Waals surface area contributed by atoms with Crippen LogP contribution >= 0.6 is 15.9 Å². The summed E-state index contributed by atoms with van der Waals surface area (Å²) in [6.07, 6.45) is 0. The second kappa shape index (κ2) is 10.4. The van der Waals surface area contributed by atoms with Crippen molar-refractivity contribution in [3.63, 3.8) is 0 Å². The number of halogens is 3. The molecule has 1 aliphatic heterocycles. The molecule has 0 spiro atoms. The van der Waals surface area contributed by atoms with E-state index in [0.717, 1.165) is 19.1 Å². The van der Waals surface area contributed by atoms with Crippen molar-refractivity contribution < 1.29 is 32.6 Å². The summed E-state index contributed by atoms with van der Waals surface area (Å²) in [5, 5.41) is 10.0. The summed E-state index contributed by atoms with van der Waals surface area (Å²) < 4.78 is 41.2. The number of carbonyl (C=O) groups is 2. The van der Waals surface area contributed by atoms with Crippen molar-refractivity contribution in [2.24, 2.45) is 5.73 Å². The first kappa shape index (κ1) is 24.7. The number of allylic oxidation sites excluding steroid dienone is 1. The highest BCUT2D eigenvalue weighted by Gasteiger charge is 2.43. The van der Waals surface area contributed by atoms with Gasteiger partial charge in [-0.25, -0.2) is 9.59 Å². The van der Waals surface area contributed by atoms with E-state index in [2.05, 4.69) is 20.7 Å². The van der Waals surface area contributed by atoms with Crippen molar-refractivity contribution in [1.29, 1.82) is 5.26 Å². The fraction of sp³-hybridized carbons (Fsp3) is 0.174. The molecule has 0 radical (unpaired) electrons. The number of benzene rings is 2. The number of esters is 2. The molecule has 0 bridgehead atoms. The van der Waals surface area contributed by atoms with Gasteiger partial charge >= 0.3 is 18.6 Å². The highest BCUT2D eigenvalue weighted by Crippen LogP contribution is 2.45. The molecule has 11 heteroatoms. The van der Waals surface area contributed by atoms with Crippen LogP contribution in [0.1, 0.15) is 11.5 Å². The average molecular weight is 534 g/mol. The van der Waals surface area contributed by atoms with Gasteiger partial charge < -0.3 is 19.9 Å². The lowest BCUT2D eigenvalue weighted by Gasteiger charge is -2.36. The largest absolute Gasteiger partial charge is 0.466 e. The van der Waals surface area contributed by atoms with Gasteiger partial charge in [-0.1, -0.05) is 46.3 Å². The van der Waals surface area contributed by atoms with E-state index in [1.807, 2.05) is 6.07 Å². The fourth-order valence-corrected chi connectivity index (χ4v) is 3.97. The van der Waals surface area contributed by atoms with Crippen LogP contribution in [0.3, 0.4) is 0 Å². The maximum absolute atomic E-state index is 13.2. The van der Waals surface area contributed by atoms with E-state index in [9.17, 15) is 23.6 Å². The minimum absolute atomic E-state index is 0.106. The van der Waals surface area contributed by atoms with Gasteiger partial charge in [0.15, 0.2) is 5.75 Å². The predicted molar refractivity (Wildman–Crippen MR) is 120 cm³/mol.